The van der Waals surface area contributed by atoms with Crippen molar-refractivity contribution in [2.45, 2.75) is 27.0 Å². The van der Waals surface area contributed by atoms with Crippen LogP contribution in [0.5, 0.6) is 11.5 Å². The van der Waals surface area contributed by atoms with Gasteiger partial charge in [-0.15, -0.1) is 0 Å². The van der Waals surface area contributed by atoms with Crippen molar-refractivity contribution < 1.29 is 9.47 Å². The van der Waals surface area contributed by atoms with E-state index < -0.39 is 0 Å². The van der Waals surface area contributed by atoms with Crippen molar-refractivity contribution in [2.75, 3.05) is 7.11 Å². The molecule has 0 aliphatic heterocycles. The molecule has 142 valence electrons. The van der Waals surface area contributed by atoms with Crippen molar-refractivity contribution in [1.82, 2.24) is 9.55 Å². The summed E-state index contributed by atoms with van der Waals surface area (Å²) in [6.07, 6.45) is 0. The largest absolute Gasteiger partial charge is 0.496 e. The zero-order valence-corrected chi connectivity index (χ0v) is 16.5. The van der Waals surface area contributed by atoms with E-state index in [1.165, 1.54) is 5.56 Å². The predicted molar refractivity (Wildman–Crippen MR) is 112 cm³/mol. The lowest BCUT2D eigenvalue weighted by Gasteiger charge is -2.14. The Morgan fingerprint density at radius 3 is 2.54 bits per heavy atom. The zero-order chi connectivity index (χ0) is 19.5. The van der Waals surface area contributed by atoms with Gasteiger partial charge in [0.1, 0.15) is 23.9 Å². The van der Waals surface area contributed by atoms with E-state index in [1.54, 1.807) is 7.11 Å². The van der Waals surface area contributed by atoms with Gasteiger partial charge >= 0.3 is 0 Å². The van der Waals surface area contributed by atoms with Crippen LogP contribution in [0.3, 0.4) is 0 Å². The molecule has 0 spiro atoms. The average molecular weight is 372 g/mol. The first kappa shape index (κ1) is 18.1. The number of aromatic nitrogens is 2. The van der Waals surface area contributed by atoms with Crippen molar-refractivity contribution in [1.29, 1.82) is 0 Å². The summed E-state index contributed by atoms with van der Waals surface area (Å²) >= 11 is 0. The summed E-state index contributed by atoms with van der Waals surface area (Å²) in [6.45, 7) is 5.22. The molecular formula is C24H24N2O2. The summed E-state index contributed by atoms with van der Waals surface area (Å²) in [7, 11) is 1.70. The molecule has 28 heavy (non-hydrogen) atoms. The molecular weight excluding hydrogens is 348 g/mol. The van der Waals surface area contributed by atoms with Crippen LogP contribution in [0.2, 0.25) is 0 Å². The van der Waals surface area contributed by atoms with Crippen molar-refractivity contribution in [3.63, 3.8) is 0 Å². The number of para-hydroxylation sites is 3. The molecule has 0 saturated carbocycles. The Bertz CT molecular complexity index is 1110. The Labute approximate surface area is 165 Å². The van der Waals surface area contributed by atoms with Gasteiger partial charge in [0.2, 0.25) is 0 Å². The molecule has 0 bridgehead atoms. The molecule has 0 N–H and O–H groups in total. The number of benzene rings is 3. The molecule has 3 aromatic carbocycles. The van der Waals surface area contributed by atoms with Crippen LogP contribution < -0.4 is 9.47 Å². The maximum atomic E-state index is 6.15. The lowest BCUT2D eigenvalue weighted by Crippen LogP contribution is -2.09. The predicted octanol–water partition coefficient (Wildman–Crippen LogP) is 5.29. The molecule has 4 heteroatoms. The van der Waals surface area contributed by atoms with E-state index in [2.05, 4.69) is 48.7 Å². The molecule has 0 aliphatic carbocycles. The average Bonchev–Trinajstić information content (AvgIpc) is 3.06. The Balaban J connectivity index is 1.70. The Morgan fingerprint density at radius 1 is 0.893 bits per heavy atom. The van der Waals surface area contributed by atoms with Gasteiger partial charge in [0.05, 0.1) is 24.7 Å². The van der Waals surface area contributed by atoms with Gasteiger partial charge in [-0.05, 0) is 49.2 Å². The van der Waals surface area contributed by atoms with Crippen LogP contribution in [0.4, 0.5) is 0 Å². The number of rotatable bonds is 6. The second-order valence-electron chi connectivity index (χ2n) is 6.97. The van der Waals surface area contributed by atoms with Gasteiger partial charge in [0, 0.05) is 5.56 Å². The summed E-state index contributed by atoms with van der Waals surface area (Å²) < 4.78 is 13.9. The van der Waals surface area contributed by atoms with Gasteiger partial charge in [-0.25, -0.2) is 4.98 Å². The van der Waals surface area contributed by atoms with E-state index >= 15 is 0 Å². The lowest BCUT2D eigenvalue weighted by atomic mass is 10.1. The minimum absolute atomic E-state index is 0.411. The molecule has 4 aromatic rings. The lowest BCUT2D eigenvalue weighted by molar-refractivity contribution is 0.289. The fraction of sp³-hybridized carbons (Fsp3) is 0.208. The molecule has 0 unspecified atom stereocenters. The maximum absolute atomic E-state index is 6.15. The molecule has 0 aliphatic rings. The third-order valence-electron chi connectivity index (χ3n) is 4.96. The van der Waals surface area contributed by atoms with Crippen molar-refractivity contribution in [3.05, 3.63) is 89.2 Å². The summed E-state index contributed by atoms with van der Waals surface area (Å²) in [6, 6.07) is 22.5. The van der Waals surface area contributed by atoms with E-state index in [4.69, 9.17) is 14.5 Å². The second-order valence-corrected chi connectivity index (χ2v) is 6.97. The quantitative estimate of drug-likeness (QED) is 0.461. The van der Waals surface area contributed by atoms with Crippen LogP contribution in [0.15, 0.2) is 66.7 Å². The van der Waals surface area contributed by atoms with Gasteiger partial charge in [-0.2, -0.15) is 0 Å². The third kappa shape index (κ3) is 3.58. The third-order valence-corrected chi connectivity index (χ3v) is 4.96. The summed E-state index contributed by atoms with van der Waals surface area (Å²) in [5, 5.41) is 0. The van der Waals surface area contributed by atoms with E-state index in [-0.39, 0.29) is 0 Å². The van der Waals surface area contributed by atoms with E-state index in [1.807, 2.05) is 36.4 Å². The molecule has 0 fully saturated rings. The smallest absolute Gasteiger partial charge is 0.148 e. The fourth-order valence-corrected chi connectivity index (χ4v) is 3.42. The van der Waals surface area contributed by atoms with Crippen LogP contribution in [0.1, 0.15) is 22.5 Å². The number of methoxy groups -OCH3 is 1. The molecule has 4 nitrogen and oxygen atoms in total. The van der Waals surface area contributed by atoms with Crippen LogP contribution in [-0.4, -0.2) is 16.7 Å². The molecule has 1 heterocycles. The molecule has 0 atom stereocenters. The van der Waals surface area contributed by atoms with Crippen LogP contribution in [0.25, 0.3) is 11.0 Å². The highest BCUT2D eigenvalue weighted by atomic mass is 16.5. The first-order chi connectivity index (χ1) is 13.7. The number of imidazole rings is 1. The first-order valence-electron chi connectivity index (χ1n) is 9.42. The highest BCUT2D eigenvalue weighted by Gasteiger charge is 2.14. The number of fused-ring (bicyclic) bond motifs is 1. The fourth-order valence-electron chi connectivity index (χ4n) is 3.42. The molecule has 0 radical (unpaired) electrons. The minimum Gasteiger partial charge on any atom is -0.496 e. The topological polar surface area (TPSA) is 36.3 Å². The first-order valence-corrected chi connectivity index (χ1v) is 9.42. The Kier molecular flexibility index (Phi) is 5.02. The standard InChI is InChI=1S/C24H24N2O2/c1-17-12-13-18(2)23(14-17)28-16-24-25-20-9-5-6-10-21(20)26(24)15-19-8-4-7-11-22(19)27-3/h4-14H,15-16H2,1-3H3. The highest BCUT2D eigenvalue weighted by molar-refractivity contribution is 5.76. The normalized spacial score (nSPS) is 11.0. The molecule has 1 aromatic heterocycles. The number of hydrogen-bond acceptors (Lipinski definition) is 3. The summed E-state index contributed by atoms with van der Waals surface area (Å²) in [4.78, 5) is 4.83. The van der Waals surface area contributed by atoms with Crippen molar-refractivity contribution in [2.24, 2.45) is 0 Å². The van der Waals surface area contributed by atoms with Crippen molar-refractivity contribution >= 4 is 11.0 Å². The van der Waals surface area contributed by atoms with E-state index in [0.717, 1.165) is 39.5 Å². The van der Waals surface area contributed by atoms with Gasteiger partial charge in [0.15, 0.2) is 0 Å². The molecule has 4 rings (SSSR count). The van der Waals surface area contributed by atoms with Gasteiger partial charge < -0.3 is 14.0 Å². The summed E-state index contributed by atoms with van der Waals surface area (Å²) in [5.74, 6) is 2.67. The summed E-state index contributed by atoms with van der Waals surface area (Å²) in [5.41, 5.74) is 5.48. The van der Waals surface area contributed by atoms with Crippen LogP contribution in [-0.2, 0) is 13.2 Å². The maximum Gasteiger partial charge on any atom is 0.148 e. The molecule has 0 amide bonds. The number of hydrogen-bond donors (Lipinski definition) is 0. The van der Waals surface area contributed by atoms with E-state index in [0.29, 0.717) is 13.2 Å². The number of ether oxygens (including phenoxy) is 2. The van der Waals surface area contributed by atoms with Gasteiger partial charge in [-0.1, -0.05) is 42.5 Å². The SMILES string of the molecule is COc1ccccc1Cn1c(COc2cc(C)ccc2C)nc2ccccc21. The highest BCUT2D eigenvalue weighted by Crippen LogP contribution is 2.25. The number of nitrogens with zero attached hydrogens (tertiary/aromatic N) is 2. The Hall–Kier alpha value is -3.27. The van der Waals surface area contributed by atoms with Gasteiger partial charge in [0.25, 0.3) is 0 Å². The van der Waals surface area contributed by atoms with E-state index in [9.17, 15) is 0 Å². The monoisotopic (exact) mass is 372 g/mol. The van der Waals surface area contributed by atoms with Gasteiger partial charge in [-0.3, -0.25) is 0 Å². The second kappa shape index (κ2) is 7.77. The van der Waals surface area contributed by atoms with Crippen LogP contribution in [0, 0.1) is 13.8 Å². The zero-order valence-electron chi connectivity index (χ0n) is 16.5. The number of aryl methyl sites for hydroxylation is 2. The molecule has 0 saturated heterocycles. The van der Waals surface area contributed by atoms with Crippen LogP contribution >= 0.6 is 0 Å². The Morgan fingerprint density at radius 2 is 1.68 bits per heavy atom. The van der Waals surface area contributed by atoms with Crippen molar-refractivity contribution in [3.8, 4) is 11.5 Å². The minimum atomic E-state index is 0.411.